The summed E-state index contributed by atoms with van der Waals surface area (Å²) in [4.78, 5) is 2.15. The van der Waals surface area contributed by atoms with Crippen LogP contribution in [0.15, 0.2) is 4.42 Å². The van der Waals surface area contributed by atoms with Crippen molar-refractivity contribution in [3.63, 3.8) is 0 Å². The molecule has 0 spiro atoms. The van der Waals surface area contributed by atoms with Gasteiger partial charge in [-0.05, 0) is 18.3 Å². The van der Waals surface area contributed by atoms with Crippen molar-refractivity contribution in [2.24, 2.45) is 11.8 Å². The summed E-state index contributed by atoms with van der Waals surface area (Å²) in [6, 6.07) is 0.615. The predicted molar refractivity (Wildman–Crippen MR) is 59.0 cm³/mol. The van der Waals surface area contributed by atoms with Crippen molar-refractivity contribution >= 4 is 17.6 Å². The van der Waals surface area contributed by atoms with Crippen molar-refractivity contribution in [1.82, 2.24) is 10.2 Å². The highest BCUT2D eigenvalue weighted by atomic mass is 35.5. The third-order valence-electron chi connectivity index (χ3n) is 3.18. The van der Waals surface area contributed by atoms with Crippen LogP contribution >= 0.6 is 11.6 Å². The Hall–Kier alpha value is -0.770. The first-order chi connectivity index (χ1) is 7.20. The van der Waals surface area contributed by atoms with Crippen LogP contribution in [0.4, 0.5) is 6.01 Å². The lowest BCUT2D eigenvalue weighted by atomic mass is 9.89. The molecule has 15 heavy (non-hydrogen) atoms. The van der Waals surface area contributed by atoms with Crippen LogP contribution in [0.25, 0.3) is 0 Å². The van der Waals surface area contributed by atoms with Crippen molar-refractivity contribution in [1.29, 1.82) is 0 Å². The molecule has 0 saturated carbocycles. The minimum atomic E-state index is 0.285. The summed E-state index contributed by atoms with van der Waals surface area (Å²) in [6.45, 7) is 6.54. The highest BCUT2D eigenvalue weighted by Crippen LogP contribution is 2.26. The van der Waals surface area contributed by atoms with E-state index in [2.05, 4.69) is 28.9 Å². The Bertz CT molecular complexity index is 328. The monoisotopic (exact) mass is 229 g/mol. The molecule has 1 fully saturated rings. The summed E-state index contributed by atoms with van der Waals surface area (Å²) >= 11 is 5.62. The fourth-order valence-electron chi connectivity index (χ4n) is 1.86. The second-order valence-corrected chi connectivity index (χ2v) is 4.57. The molecule has 0 N–H and O–H groups in total. The number of aromatic nitrogens is 2. The number of hydrogen-bond donors (Lipinski definition) is 0. The molecule has 2 rings (SSSR count). The van der Waals surface area contributed by atoms with Gasteiger partial charge in [-0.25, -0.2) is 0 Å². The zero-order valence-electron chi connectivity index (χ0n) is 9.11. The third kappa shape index (κ3) is 2.25. The molecular formula is C10H16ClN3O. The lowest BCUT2D eigenvalue weighted by molar-refractivity contribution is 0.312. The van der Waals surface area contributed by atoms with Gasteiger partial charge in [0.2, 0.25) is 5.89 Å². The average Bonchev–Trinajstić information content (AvgIpc) is 2.70. The van der Waals surface area contributed by atoms with Crippen molar-refractivity contribution in [3.8, 4) is 0 Å². The van der Waals surface area contributed by atoms with Crippen LogP contribution in [0.3, 0.4) is 0 Å². The molecule has 0 amide bonds. The number of rotatable bonds is 2. The first-order valence-corrected chi connectivity index (χ1v) is 5.87. The van der Waals surface area contributed by atoms with E-state index in [1.807, 2.05) is 0 Å². The van der Waals surface area contributed by atoms with Crippen LogP contribution in [0, 0.1) is 11.8 Å². The summed E-state index contributed by atoms with van der Waals surface area (Å²) < 4.78 is 5.43. The van der Waals surface area contributed by atoms with Gasteiger partial charge in [0, 0.05) is 13.1 Å². The van der Waals surface area contributed by atoms with Gasteiger partial charge in [-0.3, -0.25) is 0 Å². The molecule has 2 unspecified atom stereocenters. The summed E-state index contributed by atoms with van der Waals surface area (Å²) in [5, 5.41) is 7.86. The third-order valence-corrected chi connectivity index (χ3v) is 3.40. The zero-order valence-corrected chi connectivity index (χ0v) is 9.87. The Kier molecular flexibility index (Phi) is 3.14. The van der Waals surface area contributed by atoms with E-state index < -0.39 is 0 Å². The number of nitrogens with zero attached hydrogens (tertiary/aromatic N) is 3. The highest BCUT2D eigenvalue weighted by molar-refractivity contribution is 6.16. The Morgan fingerprint density at radius 1 is 1.40 bits per heavy atom. The first kappa shape index (κ1) is 10.7. The number of halogens is 1. The fourth-order valence-corrected chi connectivity index (χ4v) is 1.97. The molecule has 1 aromatic rings. The zero-order chi connectivity index (χ0) is 10.8. The molecule has 2 heterocycles. The highest BCUT2D eigenvalue weighted by Gasteiger charge is 2.25. The van der Waals surface area contributed by atoms with E-state index in [1.54, 1.807) is 0 Å². The van der Waals surface area contributed by atoms with E-state index in [0.717, 1.165) is 19.0 Å². The molecule has 0 aliphatic carbocycles. The first-order valence-electron chi connectivity index (χ1n) is 5.34. The minimum absolute atomic E-state index is 0.285. The van der Waals surface area contributed by atoms with E-state index >= 15 is 0 Å². The maximum Gasteiger partial charge on any atom is 0.318 e. The molecule has 0 bridgehead atoms. The molecule has 4 nitrogen and oxygen atoms in total. The number of hydrogen-bond acceptors (Lipinski definition) is 4. The lowest BCUT2D eigenvalue weighted by Gasteiger charge is -2.33. The van der Waals surface area contributed by atoms with Crippen LogP contribution in [-0.2, 0) is 5.88 Å². The molecule has 5 heteroatoms. The average molecular weight is 230 g/mol. The van der Waals surface area contributed by atoms with Crippen LogP contribution in [0.2, 0.25) is 0 Å². The largest absolute Gasteiger partial charge is 0.407 e. The van der Waals surface area contributed by atoms with Crippen molar-refractivity contribution in [2.75, 3.05) is 18.0 Å². The standard InChI is InChI=1S/C10H16ClN3O/c1-7-3-4-14(6-8(7)2)10-13-12-9(5-11)15-10/h7-8H,3-6H2,1-2H3. The molecule has 1 aromatic heterocycles. The predicted octanol–water partition coefficient (Wildman–Crippen LogP) is 2.29. The lowest BCUT2D eigenvalue weighted by Crippen LogP contribution is -2.38. The van der Waals surface area contributed by atoms with Gasteiger partial charge in [0.15, 0.2) is 0 Å². The Morgan fingerprint density at radius 2 is 2.20 bits per heavy atom. The van der Waals surface area contributed by atoms with Crippen LogP contribution in [0.5, 0.6) is 0 Å². The van der Waals surface area contributed by atoms with Crippen LogP contribution < -0.4 is 4.90 Å². The van der Waals surface area contributed by atoms with E-state index in [1.165, 1.54) is 6.42 Å². The molecule has 1 aliphatic rings. The Balaban J connectivity index is 2.05. The van der Waals surface area contributed by atoms with Crippen LogP contribution in [-0.4, -0.2) is 23.3 Å². The molecule has 0 radical (unpaired) electrons. The number of alkyl halides is 1. The molecule has 84 valence electrons. The SMILES string of the molecule is CC1CCN(c2nnc(CCl)o2)CC1C. The Labute approximate surface area is 94.6 Å². The van der Waals surface area contributed by atoms with Gasteiger partial charge in [-0.1, -0.05) is 18.9 Å². The maximum atomic E-state index is 5.62. The summed E-state index contributed by atoms with van der Waals surface area (Å²) in [7, 11) is 0. The summed E-state index contributed by atoms with van der Waals surface area (Å²) in [5.41, 5.74) is 0. The fraction of sp³-hybridized carbons (Fsp3) is 0.800. The molecular weight excluding hydrogens is 214 g/mol. The van der Waals surface area contributed by atoms with Gasteiger partial charge in [0.1, 0.15) is 5.88 Å². The Morgan fingerprint density at radius 3 is 2.80 bits per heavy atom. The summed E-state index contributed by atoms with van der Waals surface area (Å²) in [5.74, 6) is 2.23. The van der Waals surface area contributed by atoms with Gasteiger partial charge in [0.25, 0.3) is 0 Å². The van der Waals surface area contributed by atoms with Gasteiger partial charge >= 0.3 is 6.01 Å². The van der Waals surface area contributed by atoms with Crippen molar-refractivity contribution in [3.05, 3.63) is 5.89 Å². The molecule has 0 aromatic carbocycles. The van der Waals surface area contributed by atoms with Gasteiger partial charge < -0.3 is 9.32 Å². The molecule has 1 saturated heterocycles. The summed E-state index contributed by atoms with van der Waals surface area (Å²) in [6.07, 6.45) is 1.18. The van der Waals surface area contributed by atoms with Crippen molar-refractivity contribution < 1.29 is 4.42 Å². The number of anilines is 1. The number of piperidine rings is 1. The van der Waals surface area contributed by atoms with Gasteiger partial charge in [-0.15, -0.1) is 16.7 Å². The second-order valence-electron chi connectivity index (χ2n) is 4.30. The van der Waals surface area contributed by atoms with E-state index in [-0.39, 0.29) is 5.88 Å². The van der Waals surface area contributed by atoms with E-state index in [4.69, 9.17) is 16.0 Å². The quantitative estimate of drug-likeness (QED) is 0.730. The van der Waals surface area contributed by atoms with E-state index in [0.29, 0.717) is 17.8 Å². The molecule has 1 aliphatic heterocycles. The normalized spacial score (nSPS) is 27.0. The topological polar surface area (TPSA) is 42.2 Å². The minimum Gasteiger partial charge on any atom is -0.407 e. The molecule has 2 atom stereocenters. The van der Waals surface area contributed by atoms with Crippen molar-refractivity contribution in [2.45, 2.75) is 26.1 Å². The van der Waals surface area contributed by atoms with E-state index in [9.17, 15) is 0 Å². The maximum absolute atomic E-state index is 5.62. The smallest absolute Gasteiger partial charge is 0.318 e. The van der Waals surface area contributed by atoms with Gasteiger partial charge in [-0.2, -0.15) is 0 Å². The van der Waals surface area contributed by atoms with Crippen LogP contribution in [0.1, 0.15) is 26.2 Å². The van der Waals surface area contributed by atoms with Gasteiger partial charge in [0.05, 0.1) is 0 Å². The second kappa shape index (κ2) is 4.39.